The molecule has 1 fully saturated rings. The molecule has 0 radical (unpaired) electrons. The van der Waals surface area contributed by atoms with Crippen LogP contribution in [-0.4, -0.2) is 23.4 Å². The molecule has 21 heavy (non-hydrogen) atoms. The van der Waals surface area contributed by atoms with Gasteiger partial charge in [0.2, 0.25) is 5.78 Å². The smallest absolute Gasteiger partial charge is 0.212 e. The molecule has 1 aromatic carbocycles. The van der Waals surface area contributed by atoms with Crippen molar-refractivity contribution in [2.45, 2.75) is 18.9 Å². The third-order valence-electron chi connectivity index (χ3n) is 3.89. The first-order valence-corrected chi connectivity index (χ1v) is 7.42. The molecule has 1 aliphatic heterocycles. The van der Waals surface area contributed by atoms with Crippen LogP contribution in [-0.2, 0) is 0 Å². The van der Waals surface area contributed by atoms with Gasteiger partial charge in [0.15, 0.2) is 0 Å². The highest BCUT2D eigenvalue weighted by molar-refractivity contribution is 6.30. The standard InChI is InChI=1S/C16H16ClFN2O/c17-11-3-4-13(14(18)10-11)16(21)15-2-1-9-20(15)12-5-7-19-8-6-12/h1-4,9-10,12,19H,5-8H2. The topological polar surface area (TPSA) is 34.0 Å². The number of hydrogen-bond donors (Lipinski definition) is 1. The van der Waals surface area contributed by atoms with Crippen LogP contribution < -0.4 is 5.32 Å². The molecule has 5 heteroatoms. The van der Waals surface area contributed by atoms with Crippen molar-refractivity contribution in [2.24, 2.45) is 0 Å². The summed E-state index contributed by atoms with van der Waals surface area (Å²) in [5, 5.41) is 3.59. The molecular formula is C16H16ClFN2O. The van der Waals surface area contributed by atoms with Crippen LogP contribution in [0.2, 0.25) is 5.02 Å². The van der Waals surface area contributed by atoms with Crippen molar-refractivity contribution in [1.82, 2.24) is 9.88 Å². The Morgan fingerprint density at radius 2 is 2.05 bits per heavy atom. The summed E-state index contributed by atoms with van der Waals surface area (Å²) in [7, 11) is 0. The van der Waals surface area contributed by atoms with Crippen LogP contribution >= 0.6 is 11.6 Å². The fraction of sp³-hybridized carbons (Fsp3) is 0.312. The van der Waals surface area contributed by atoms with Crippen molar-refractivity contribution in [3.05, 3.63) is 58.6 Å². The molecule has 110 valence electrons. The highest BCUT2D eigenvalue weighted by atomic mass is 35.5. The number of benzene rings is 1. The van der Waals surface area contributed by atoms with Gasteiger partial charge >= 0.3 is 0 Å². The molecule has 0 atom stereocenters. The number of piperidine rings is 1. The molecule has 1 aromatic heterocycles. The fourth-order valence-corrected chi connectivity index (χ4v) is 2.96. The lowest BCUT2D eigenvalue weighted by Gasteiger charge is -2.25. The van der Waals surface area contributed by atoms with Crippen LogP contribution in [0.3, 0.4) is 0 Å². The van der Waals surface area contributed by atoms with Crippen LogP contribution in [0, 0.1) is 5.82 Å². The second-order valence-corrected chi connectivity index (χ2v) is 5.67. The maximum atomic E-state index is 13.9. The molecule has 0 bridgehead atoms. The first-order chi connectivity index (χ1) is 10.2. The number of ketones is 1. The second kappa shape index (κ2) is 6.00. The molecular weight excluding hydrogens is 291 g/mol. The van der Waals surface area contributed by atoms with Crippen molar-refractivity contribution in [3.63, 3.8) is 0 Å². The van der Waals surface area contributed by atoms with Gasteiger partial charge in [-0.15, -0.1) is 0 Å². The summed E-state index contributed by atoms with van der Waals surface area (Å²) >= 11 is 5.74. The Hall–Kier alpha value is -1.65. The number of aromatic nitrogens is 1. The first-order valence-electron chi connectivity index (χ1n) is 7.04. The number of rotatable bonds is 3. The Kier molecular flexibility index (Phi) is 4.08. The van der Waals surface area contributed by atoms with E-state index >= 15 is 0 Å². The number of nitrogens with one attached hydrogen (secondary N) is 1. The van der Waals surface area contributed by atoms with Crippen molar-refractivity contribution >= 4 is 17.4 Å². The maximum absolute atomic E-state index is 13.9. The number of carbonyl (C=O) groups excluding carboxylic acids is 1. The summed E-state index contributed by atoms with van der Waals surface area (Å²) < 4.78 is 15.9. The van der Waals surface area contributed by atoms with E-state index in [9.17, 15) is 9.18 Å². The van der Waals surface area contributed by atoms with E-state index in [1.165, 1.54) is 18.2 Å². The molecule has 0 saturated carbocycles. The van der Waals surface area contributed by atoms with Gasteiger partial charge in [-0.3, -0.25) is 4.79 Å². The molecule has 0 amide bonds. The van der Waals surface area contributed by atoms with Crippen LogP contribution in [0.5, 0.6) is 0 Å². The minimum absolute atomic E-state index is 0.0632. The number of halogens is 2. The van der Waals surface area contributed by atoms with Crippen molar-refractivity contribution in [2.75, 3.05) is 13.1 Å². The summed E-state index contributed by atoms with van der Waals surface area (Å²) in [6.45, 7) is 1.87. The number of hydrogen-bond acceptors (Lipinski definition) is 2. The molecule has 2 aromatic rings. The van der Waals surface area contributed by atoms with Gasteiger partial charge in [0, 0.05) is 17.3 Å². The third kappa shape index (κ3) is 2.87. The van der Waals surface area contributed by atoms with Crippen LogP contribution in [0.1, 0.15) is 34.9 Å². The Morgan fingerprint density at radius 3 is 2.76 bits per heavy atom. The van der Waals surface area contributed by atoms with E-state index in [0.29, 0.717) is 5.69 Å². The van der Waals surface area contributed by atoms with Crippen molar-refractivity contribution < 1.29 is 9.18 Å². The van der Waals surface area contributed by atoms with E-state index in [-0.39, 0.29) is 22.4 Å². The Bertz CT molecular complexity index is 662. The minimum atomic E-state index is -0.578. The van der Waals surface area contributed by atoms with Gasteiger partial charge in [-0.1, -0.05) is 11.6 Å². The van der Waals surface area contributed by atoms with Crippen molar-refractivity contribution in [3.8, 4) is 0 Å². The Labute approximate surface area is 127 Å². The monoisotopic (exact) mass is 306 g/mol. The van der Waals surface area contributed by atoms with Crippen LogP contribution in [0.25, 0.3) is 0 Å². The second-order valence-electron chi connectivity index (χ2n) is 5.24. The van der Waals surface area contributed by atoms with E-state index in [0.717, 1.165) is 25.9 Å². The zero-order chi connectivity index (χ0) is 14.8. The Balaban J connectivity index is 1.93. The van der Waals surface area contributed by atoms with Crippen molar-refractivity contribution in [1.29, 1.82) is 0 Å². The summed E-state index contributed by atoms with van der Waals surface area (Å²) in [6, 6.07) is 8.03. The largest absolute Gasteiger partial charge is 0.342 e. The van der Waals surface area contributed by atoms with Gasteiger partial charge in [-0.2, -0.15) is 0 Å². The molecule has 0 unspecified atom stereocenters. The third-order valence-corrected chi connectivity index (χ3v) is 4.12. The molecule has 0 spiro atoms. The fourth-order valence-electron chi connectivity index (χ4n) is 2.80. The van der Waals surface area contributed by atoms with Gasteiger partial charge in [0.1, 0.15) is 5.82 Å². The van der Waals surface area contributed by atoms with Crippen LogP contribution in [0.15, 0.2) is 36.5 Å². The minimum Gasteiger partial charge on any atom is -0.342 e. The SMILES string of the molecule is O=C(c1ccc(Cl)cc1F)c1cccn1C1CCNCC1. The lowest BCUT2D eigenvalue weighted by Crippen LogP contribution is -2.30. The summed E-state index contributed by atoms with van der Waals surface area (Å²) in [5.74, 6) is -0.877. The summed E-state index contributed by atoms with van der Waals surface area (Å²) in [6.07, 6.45) is 3.84. The normalized spacial score (nSPS) is 16.1. The quantitative estimate of drug-likeness (QED) is 0.882. The van der Waals surface area contributed by atoms with E-state index in [1.807, 2.05) is 16.8 Å². The number of carbonyl (C=O) groups is 1. The lowest BCUT2D eigenvalue weighted by atomic mass is 10.0. The zero-order valence-corrected chi connectivity index (χ0v) is 12.2. The highest BCUT2D eigenvalue weighted by Crippen LogP contribution is 2.24. The molecule has 1 aliphatic rings. The van der Waals surface area contributed by atoms with Gasteiger partial charge in [0.25, 0.3) is 0 Å². The van der Waals surface area contributed by atoms with E-state index in [2.05, 4.69) is 5.32 Å². The van der Waals surface area contributed by atoms with E-state index < -0.39 is 5.82 Å². The molecule has 2 heterocycles. The highest BCUT2D eigenvalue weighted by Gasteiger charge is 2.22. The average Bonchev–Trinajstić information content (AvgIpc) is 2.97. The average molecular weight is 307 g/mol. The summed E-state index contributed by atoms with van der Waals surface area (Å²) in [4.78, 5) is 12.6. The van der Waals surface area contributed by atoms with Gasteiger partial charge in [-0.05, 0) is 56.3 Å². The lowest BCUT2D eigenvalue weighted by molar-refractivity contribution is 0.102. The van der Waals surface area contributed by atoms with Gasteiger partial charge in [0.05, 0.1) is 11.3 Å². The number of nitrogens with zero attached hydrogens (tertiary/aromatic N) is 1. The van der Waals surface area contributed by atoms with Crippen LogP contribution in [0.4, 0.5) is 4.39 Å². The molecule has 3 nitrogen and oxygen atoms in total. The Morgan fingerprint density at radius 1 is 1.29 bits per heavy atom. The zero-order valence-electron chi connectivity index (χ0n) is 11.5. The van der Waals surface area contributed by atoms with Gasteiger partial charge in [-0.25, -0.2) is 4.39 Å². The maximum Gasteiger partial charge on any atom is 0.212 e. The molecule has 0 aliphatic carbocycles. The molecule has 1 N–H and O–H groups in total. The predicted octanol–water partition coefficient (Wildman–Crippen LogP) is 3.44. The molecule has 3 rings (SSSR count). The summed E-state index contributed by atoms with van der Waals surface area (Å²) in [5.41, 5.74) is 0.594. The van der Waals surface area contributed by atoms with E-state index in [4.69, 9.17) is 11.6 Å². The first kappa shape index (κ1) is 14.3. The van der Waals surface area contributed by atoms with E-state index in [1.54, 1.807) is 6.07 Å². The van der Waals surface area contributed by atoms with Gasteiger partial charge < -0.3 is 9.88 Å². The predicted molar refractivity (Wildman–Crippen MR) is 80.4 cm³/mol. The molecule has 1 saturated heterocycles.